The molecule has 8 aromatic carbocycles. The van der Waals surface area contributed by atoms with Gasteiger partial charge in [-0.15, -0.1) is 23.4 Å². The number of urea groups is 1. The highest BCUT2D eigenvalue weighted by molar-refractivity contribution is 6.10. The number of amides is 3. The molecule has 0 saturated heterocycles. The van der Waals surface area contributed by atoms with E-state index in [9.17, 15) is 47.9 Å². The Morgan fingerprint density at radius 2 is 1.24 bits per heavy atom. The number of carbonyl (C=O) groups excluding carboxylic acids is 3. The number of nitrogens with one attached hydrogen (secondary N) is 3. The number of fused-ring (bicyclic) bond motifs is 2. The Kier molecular flexibility index (Phi) is 14.3. The van der Waals surface area contributed by atoms with Crippen LogP contribution in [0.1, 0.15) is 31.8 Å². The molecular weight excluding hydrogens is 944 g/mol. The molecule has 0 unspecified atom stereocenters. The molecule has 0 bridgehead atoms. The second kappa shape index (κ2) is 21.4. The first-order chi connectivity index (χ1) is 34.7. The van der Waals surface area contributed by atoms with E-state index in [2.05, 4.69) is 46.5 Å². The lowest BCUT2D eigenvalue weighted by molar-refractivity contribution is -0.384. The third-order valence-electron chi connectivity index (χ3n) is 10.2. The van der Waals surface area contributed by atoms with Crippen molar-refractivity contribution in [1.82, 2.24) is 5.32 Å². The van der Waals surface area contributed by atoms with E-state index in [1.165, 1.54) is 66.7 Å². The minimum Gasteiger partial charge on any atom is -0.506 e. The average Bonchev–Trinajstić information content (AvgIpc) is 3.36. The molecule has 5 N–H and O–H groups in total. The van der Waals surface area contributed by atoms with Crippen LogP contribution in [0.2, 0.25) is 0 Å². The van der Waals surface area contributed by atoms with Gasteiger partial charge in [0.05, 0.1) is 22.0 Å². The van der Waals surface area contributed by atoms with Gasteiger partial charge < -0.3 is 29.9 Å². The van der Waals surface area contributed by atoms with Gasteiger partial charge in [-0.1, -0.05) is 47.6 Å². The summed E-state index contributed by atoms with van der Waals surface area (Å²) in [6, 6.07) is 37.6. The second-order valence-corrected chi connectivity index (χ2v) is 15.2. The highest BCUT2D eigenvalue weighted by Crippen LogP contribution is 2.38. The summed E-state index contributed by atoms with van der Waals surface area (Å²) in [5, 5.41) is 59.6. The summed E-state index contributed by atoms with van der Waals surface area (Å²) in [5.74, 6) is -1.99. The molecule has 0 saturated carbocycles. The number of alkyl halides is 3. The van der Waals surface area contributed by atoms with E-state index in [0.717, 1.165) is 29.5 Å². The third kappa shape index (κ3) is 12.3. The van der Waals surface area contributed by atoms with E-state index in [1.807, 2.05) is 6.07 Å². The number of hydrogen-bond acceptors (Lipinski definition) is 16. The number of imide groups is 1. The maximum Gasteiger partial charge on any atom is 0.573 e. The van der Waals surface area contributed by atoms with Crippen LogP contribution < -0.4 is 20.9 Å². The number of nitro benzene ring substituents is 1. The van der Waals surface area contributed by atoms with E-state index >= 15 is 0 Å². The molecule has 3 amide bonds. The number of aromatic hydroxyl groups is 2. The van der Waals surface area contributed by atoms with Crippen molar-refractivity contribution >= 4 is 85.5 Å². The molecule has 0 radical (unpaired) electrons. The number of halogens is 3. The van der Waals surface area contributed by atoms with Crippen LogP contribution in [0.3, 0.4) is 0 Å². The van der Waals surface area contributed by atoms with Gasteiger partial charge in [0, 0.05) is 51.3 Å². The van der Waals surface area contributed by atoms with E-state index in [1.54, 1.807) is 72.8 Å². The van der Waals surface area contributed by atoms with Gasteiger partial charge in [0.25, 0.3) is 11.6 Å². The molecule has 0 aliphatic heterocycles. The lowest BCUT2D eigenvalue weighted by Crippen LogP contribution is -2.34. The van der Waals surface area contributed by atoms with Gasteiger partial charge in [-0.05, 0) is 113 Å². The molecule has 0 aromatic heterocycles. The molecule has 0 spiro atoms. The van der Waals surface area contributed by atoms with Gasteiger partial charge in [-0.2, -0.15) is 10.2 Å². The summed E-state index contributed by atoms with van der Waals surface area (Å²) in [7, 11) is 0. The molecule has 0 heterocycles. The first kappa shape index (κ1) is 48.2. The molecule has 0 fully saturated rings. The number of nitrogens with zero attached hydrogens (tertiary/aromatic N) is 6. The Hall–Kier alpha value is -10.3. The number of ether oxygens (including phenoxy) is 1. The quantitative estimate of drug-likeness (QED) is 0.0152. The Morgan fingerprint density at radius 1 is 0.653 bits per heavy atom. The van der Waals surface area contributed by atoms with E-state index in [4.69, 9.17) is 9.68 Å². The van der Waals surface area contributed by atoms with Crippen molar-refractivity contribution in [3.63, 3.8) is 0 Å². The molecule has 72 heavy (non-hydrogen) atoms. The van der Waals surface area contributed by atoms with Crippen molar-refractivity contribution in [2.24, 2.45) is 25.6 Å². The Balaban J connectivity index is 0.851. The SMILES string of the molecule is O=C(NC(=O)c1ccc2c(N=Nc3ccc(C(=O)c4ccc(N=Nc5c(O)ccc6cc(CO/N=C/ONc7cccc([N+](=O)[O-])c7)ccc56)cc4)cc3)c(O)ccc2c1)Nc1cccc(OC(F)(F)F)c1. The zero-order valence-electron chi connectivity index (χ0n) is 36.8. The van der Waals surface area contributed by atoms with Crippen molar-refractivity contribution in [2.75, 3.05) is 10.8 Å². The van der Waals surface area contributed by atoms with Crippen molar-refractivity contribution in [1.29, 1.82) is 0 Å². The minimum atomic E-state index is -4.93. The molecule has 8 aromatic rings. The van der Waals surface area contributed by atoms with Crippen LogP contribution in [0.15, 0.2) is 183 Å². The van der Waals surface area contributed by atoms with Crippen LogP contribution in [-0.2, 0) is 16.3 Å². The third-order valence-corrected chi connectivity index (χ3v) is 10.2. The van der Waals surface area contributed by atoms with Crippen LogP contribution in [0, 0.1) is 10.1 Å². The maximum atomic E-state index is 13.4. The van der Waals surface area contributed by atoms with Gasteiger partial charge in [0.1, 0.15) is 35.2 Å². The van der Waals surface area contributed by atoms with E-state index in [-0.39, 0.29) is 52.2 Å². The number of azo groups is 2. The fourth-order valence-electron chi connectivity index (χ4n) is 6.89. The number of benzene rings is 8. The number of oxime groups is 1. The van der Waals surface area contributed by atoms with Crippen LogP contribution in [-0.4, -0.2) is 45.6 Å². The fourth-order valence-corrected chi connectivity index (χ4v) is 6.89. The van der Waals surface area contributed by atoms with Crippen molar-refractivity contribution in [3.05, 3.63) is 190 Å². The molecule has 0 aliphatic rings. The Morgan fingerprint density at radius 3 is 1.86 bits per heavy atom. The van der Waals surface area contributed by atoms with Crippen molar-refractivity contribution in [3.8, 4) is 17.2 Å². The van der Waals surface area contributed by atoms with Crippen molar-refractivity contribution < 1.29 is 57.1 Å². The molecule has 360 valence electrons. The number of phenols is 2. The summed E-state index contributed by atoms with van der Waals surface area (Å²) in [6.45, 7) is 0.0742. The number of rotatable bonds is 16. The molecule has 19 nitrogen and oxygen atoms in total. The Labute approximate surface area is 403 Å². The lowest BCUT2D eigenvalue weighted by atomic mass is 10.0. The highest BCUT2D eigenvalue weighted by atomic mass is 19.4. The van der Waals surface area contributed by atoms with Crippen LogP contribution >= 0.6 is 0 Å². The van der Waals surface area contributed by atoms with Gasteiger partial charge in [0.2, 0.25) is 6.40 Å². The predicted octanol–water partition coefficient (Wildman–Crippen LogP) is 12.7. The zero-order chi connectivity index (χ0) is 50.8. The maximum absolute atomic E-state index is 13.4. The number of non-ortho nitro benzene ring substituents is 1. The summed E-state index contributed by atoms with van der Waals surface area (Å²) in [4.78, 5) is 59.5. The highest BCUT2D eigenvalue weighted by Gasteiger charge is 2.31. The number of hydrogen-bond donors (Lipinski definition) is 5. The molecular formula is C50H34F3N9O10. The summed E-state index contributed by atoms with van der Waals surface area (Å²) >= 11 is 0. The lowest BCUT2D eigenvalue weighted by Gasteiger charge is -2.11. The standard InChI is InChI=1S/C50H34F3N9O10/c51-50(52,53)72-40-6-2-3-37(26-40)55-49(67)56-48(66)34-12-20-42-33(24-34)14-22-44(64)46(42)60-58-36-17-10-31(11-18-36)47(65)30-8-15-35(16-9-30)57-59-45-41-19-7-29(23-32(41)13-21-43(45)63)27-70-54-28-71-61-38-4-1-5-39(25-38)62(68)69/h1-26,28,61,63-64H,27H2,(H2,55,56,66,67)/b54-28+,59-57?,60-58?. The smallest absolute Gasteiger partial charge is 0.506 e. The van der Waals surface area contributed by atoms with Gasteiger partial charge in [0.15, 0.2) is 5.78 Å². The average molecular weight is 978 g/mol. The normalized spacial score (nSPS) is 11.5. The summed E-state index contributed by atoms with van der Waals surface area (Å²) in [6.07, 6.45) is -3.94. The number of nitro groups is 1. The largest absolute Gasteiger partial charge is 0.573 e. The number of carbonyl (C=O) groups is 3. The van der Waals surface area contributed by atoms with Crippen LogP contribution in [0.5, 0.6) is 17.2 Å². The van der Waals surface area contributed by atoms with Gasteiger partial charge in [-0.25, -0.2) is 10.3 Å². The Bertz CT molecular complexity index is 3460. The molecule has 0 atom stereocenters. The monoisotopic (exact) mass is 977 g/mol. The molecule has 8 rings (SSSR count). The van der Waals surface area contributed by atoms with Crippen LogP contribution in [0.4, 0.5) is 57.8 Å². The summed E-state index contributed by atoms with van der Waals surface area (Å²) < 4.78 is 41.6. The predicted molar refractivity (Wildman–Crippen MR) is 257 cm³/mol. The zero-order valence-corrected chi connectivity index (χ0v) is 36.8. The molecule has 22 heteroatoms. The fraction of sp³-hybridized carbons (Fsp3) is 0.0400. The first-order valence-corrected chi connectivity index (χ1v) is 21.0. The van der Waals surface area contributed by atoms with Gasteiger partial charge in [-0.3, -0.25) is 25.0 Å². The van der Waals surface area contributed by atoms with Crippen molar-refractivity contribution in [2.45, 2.75) is 13.0 Å². The molecule has 0 aliphatic carbocycles. The number of phenolic OH excluding ortho intramolecular Hbond substituents is 2. The number of anilines is 2. The van der Waals surface area contributed by atoms with E-state index in [0.29, 0.717) is 44.3 Å². The minimum absolute atomic E-state index is 0.0516. The topological polar surface area (TPSA) is 260 Å². The summed E-state index contributed by atoms with van der Waals surface area (Å²) in [5.41, 5.74) is 5.27. The first-order valence-electron chi connectivity index (χ1n) is 21.0. The van der Waals surface area contributed by atoms with Gasteiger partial charge >= 0.3 is 12.4 Å². The number of ketones is 1. The van der Waals surface area contributed by atoms with E-state index < -0.39 is 29.0 Å². The second-order valence-electron chi connectivity index (χ2n) is 15.2. The van der Waals surface area contributed by atoms with Crippen LogP contribution in [0.25, 0.3) is 21.5 Å².